The van der Waals surface area contributed by atoms with Crippen LogP contribution in [0.15, 0.2) is 58.2 Å². The van der Waals surface area contributed by atoms with E-state index in [4.69, 9.17) is 24.9 Å². The van der Waals surface area contributed by atoms with Gasteiger partial charge >= 0.3 is 0 Å². The molecule has 1 N–H and O–H groups in total. The van der Waals surface area contributed by atoms with Crippen molar-refractivity contribution in [2.75, 3.05) is 12.4 Å². The third kappa shape index (κ3) is 3.17. The van der Waals surface area contributed by atoms with E-state index in [9.17, 15) is 0 Å². The van der Waals surface area contributed by atoms with Gasteiger partial charge in [-0.25, -0.2) is 4.98 Å². The summed E-state index contributed by atoms with van der Waals surface area (Å²) in [6.45, 7) is 0. The second kappa shape index (κ2) is 7.09. The molecule has 0 unspecified atom stereocenters. The van der Waals surface area contributed by atoms with E-state index in [1.807, 2.05) is 30.3 Å². The molecule has 124 valence electrons. The zero-order valence-electron chi connectivity index (χ0n) is 13.6. The Bertz CT molecular complexity index is 1110. The van der Waals surface area contributed by atoms with E-state index in [2.05, 4.69) is 10.3 Å². The Hall–Kier alpha value is -4.28. The maximum atomic E-state index is 9.11. The number of benzene rings is 2. The summed E-state index contributed by atoms with van der Waals surface area (Å²) in [6.07, 6.45) is 0. The van der Waals surface area contributed by atoms with Crippen LogP contribution in [0.4, 0.5) is 5.69 Å². The molecule has 26 heavy (non-hydrogen) atoms. The molecule has 0 saturated heterocycles. The van der Waals surface area contributed by atoms with E-state index in [0.717, 1.165) is 11.3 Å². The van der Waals surface area contributed by atoms with Gasteiger partial charge in [0.25, 0.3) is 0 Å². The number of aromatic nitrogens is 1. The highest BCUT2D eigenvalue weighted by molar-refractivity contribution is 5.80. The Kier molecular flexibility index (Phi) is 4.52. The summed E-state index contributed by atoms with van der Waals surface area (Å²) in [4.78, 5) is 4.44. The minimum Gasteiger partial charge on any atom is -0.497 e. The first-order chi connectivity index (χ1) is 12.7. The number of allylic oxidation sites excluding steroid dienone is 2. The molecule has 1 heterocycles. The van der Waals surface area contributed by atoms with E-state index in [1.165, 1.54) is 0 Å². The quantitative estimate of drug-likeness (QED) is 0.718. The maximum absolute atomic E-state index is 9.11. The van der Waals surface area contributed by atoms with Gasteiger partial charge in [0.2, 0.25) is 5.89 Å². The second-order valence-electron chi connectivity index (χ2n) is 5.14. The molecule has 0 aliphatic carbocycles. The fourth-order valence-corrected chi connectivity index (χ4v) is 2.29. The summed E-state index contributed by atoms with van der Waals surface area (Å²) < 4.78 is 10.9. The third-order valence-electron chi connectivity index (χ3n) is 3.58. The summed E-state index contributed by atoms with van der Waals surface area (Å²) in [5.74, 6) is 1.18. The van der Waals surface area contributed by atoms with Crippen molar-refractivity contribution in [2.24, 2.45) is 0 Å². The van der Waals surface area contributed by atoms with Crippen LogP contribution >= 0.6 is 0 Å². The fourth-order valence-electron chi connectivity index (χ4n) is 2.29. The number of nitriles is 3. The number of hydrogen-bond donors (Lipinski definition) is 1. The molecule has 0 atom stereocenters. The average Bonchev–Trinajstić information content (AvgIpc) is 3.11. The Labute approximate surface area is 149 Å². The topological polar surface area (TPSA) is 119 Å². The summed E-state index contributed by atoms with van der Waals surface area (Å²) >= 11 is 0. The van der Waals surface area contributed by atoms with Crippen LogP contribution in [0.5, 0.6) is 5.75 Å². The molecular formula is C19H11N5O2. The van der Waals surface area contributed by atoms with E-state index in [1.54, 1.807) is 37.4 Å². The van der Waals surface area contributed by atoms with Gasteiger partial charge in [-0.05, 0) is 42.5 Å². The lowest BCUT2D eigenvalue weighted by atomic mass is 10.2. The molecule has 0 amide bonds. The molecule has 0 fully saturated rings. The number of anilines is 1. The van der Waals surface area contributed by atoms with Crippen molar-refractivity contribution in [1.82, 2.24) is 4.98 Å². The maximum Gasteiger partial charge on any atom is 0.227 e. The SMILES string of the molecule is COc1ccc(-c2nc3cc(NC(C#N)=C(C#N)C#N)ccc3o2)cc1. The molecule has 0 aliphatic rings. The first-order valence-electron chi connectivity index (χ1n) is 7.45. The molecule has 3 aromatic rings. The lowest BCUT2D eigenvalue weighted by molar-refractivity contribution is 0.415. The van der Waals surface area contributed by atoms with Crippen LogP contribution in [-0.2, 0) is 0 Å². The summed E-state index contributed by atoms with van der Waals surface area (Å²) in [6, 6.07) is 17.5. The molecular weight excluding hydrogens is 330 g/mol. The van der Waals surface area contributed by atoms with Gasteiger partial charge in [0.05, 0.1) is 7.11 Å². The van der Waals surface area contributed by atoms with Crippen LogP contribution in [0.1, 0.15) is 0 Å². The Morgan fingerprint density at radius 1 is 1.04 bits per heavy atom. The minimum atomic E-state index is -0.285. The number of nitrogens with zero attached hydrogens (tertiary/aromatic N) is 4. The van der Waals surface area contributed by atoms with E-state index in [0.29, 0.717) is 22.7 Å². The van der Waals surface area contributed by atoms with E-state index < -0.39 is 0 Å². The van der Waals surface area contributed by atoms with Gasteiger partial charge in [-0.2, -0.15) is 15.8 Å². The smallest absolute Gasteiger partial charge is 0.227 e. The third-order valence-corrected chi connectivity index (χ3v) is 3.58. The van der Waals surface area contributed by atoms with Gasteiger partial charge in [-0.15, -0.1) is 0 Å². The van der Waals surface area contributed by atoms with Gasteiger partial charge in [0.15, 0.2) is 11.2 Å². The predicted octanol–water partition coefficient (Wildman–Crippen LogP) is 3.74. The summed E-state index contributed by atoms with van der Waals surface area (Å²) in [5.41, 5.74) is 2.06. The highest BCUT2D eigenvalue weighted by atomic mass is 16.5. The van der Waals surface area contributed by atoms with Crippen LogP contribution < -0.4 is 10.1 Å². The van der Waals surface area contributed by atoms with Crippen molar-refractivity contribution in [1.29, 1.82) is 15.8 Å². The summed E-state index contributed by atoms with van der Waals surface area (Å²) in [7, 11) is 1.59. The monoisotopic (exact) mass is 341 g/mol. The molecule has 1 aromatic heterocycles. The number of methoxy groups -OCH3 is 1. The standard InChI is InChI=1S/C19H11N5O2/c1-25-15-5-2-12(3-6-15)19-24-16-8-14(4-7-18(16)26-19)23-17(11-22)13(9-20)10-21/h2-8,23H,1H3. The van der Waals surface area contributed by atoms with E-state index >= 15 is 0 Å². The van der Waals surface area contributed by atoms with Crippen molar-refractivity contribution in [3.8, 4) is 35.4 Å². The van der Waals surface area contributed by atoms with Crippen molar-refractivity contribution < 1.29 is 9.15 Å². The van der Waals surface area contributed by atoms with Crippen LogP contribution in [0.2, 0.25) is 0 Å². The molecule has 0 aliphatic heterocycles. The molecule has 2 aromatic carbocycles. The van der Waals surface area contributed by atoms with Gasteiger partial charge in [-0.3, -0.25) is 0 Å². The zero-order valence-corrected chi connectivity index (χ0v) is 13.6. The summed E-state index contributed by atoms with van der Waals surface area (Å²) in [5, 5.41) is 29.6. The predicted molar refractivity (Wildman–Crippen MR) is 93.5 cm³/mol. The zero-order chi connectivity index (χ0) is 18.5. The van der Waals surface area contributed by atoms with Crippen molar-refractivity contribution in [3.63, 3.8) is 0 Å². The normalized spacial score (nSPS) is 9.62. The number of hydrogen-bond acceptors (Lipinski definition) is 7. The second-order valence-corrected chi connectivity index (χ2v) is 5.14. The van der Waals surface area contributed by atoms with Crippen LogP contribution in [0.25, 0.3) is 22.6 Å². The Balaban J connectivity index is 1.95. The van der Waals surface area contributed by atoms with Gasteiger partial charge in [0.1, 0.15) is 35.2 Å². The Morgan fingerprint density at radius 3 is 2.38 bits per heavy atom. The number of rotatable bonds is 4. The van der Waals surface area contributed by atoms with Crippen LogP contribution in [0.3, 0.4) is 0 Å². The highest BCUT2D eigenvalue weighted by Crippen LogP contribution is 2.27. The first-order valence-corrected chi connectivity index (χ1v) is 7.45. The lowest BCUT2D eigenvalue weighted by Crippen LogP contribution is -2.00. The fraction of sp³-hybridized carbons (Fsp3) is 0.0526. The minimum absolute atomic E-state index is 0.117. The van der Waals surface area contributed by atoms with Gasteiger partial charge < -0.3 is 14.5 Å². The van der Waals surface area contributed by atoms with Crippen molar-refractivity contribution >= 4 is 16.8 Å². The molecule has 0 spiro atoms. The molecule has 0 bridgehead atoms. The molecule has 7 nitrogen and oxygen atoms in total. The molecule has 0 saturated carbocycles. The number of ether oxygens (including phenoxy) is 1. The first kappa shape index (κ1) is 16.6. The molecule has 7 heteroatoms. The molecule has 3 rings (SSSR count). The van der Waals surface area contributed by atoms with Crippen molar-refractivity contribution in [2.45, 2.75) is 0 Å². The number of oxazole rings is 1. The van der Waals surface area contributed by atoms with Gasteiger partial charge in [-0.1, -0.05) is 0 Å². The lowest BCUT2D eigenvalue weighted by Gasteiger charge is -2.03. The van der Waals surface area contributed by atoms with Gasteiger partial charge in [0, 0.05) is 11.3 Å². The largest absolute Gasteiger partial charge is 0.497 e. The number of nitrogens with one attached hydrogen (secondary N) is 1. The average molecular weight is 341 g/mol. The van der Waals surface area contributed by atoms with Crippen LogP contribution in [-0.4, -0.2) is 12.1 Å². The molecule has 0 radical (unpaired) electrons. The highest BCUT2D eigenvalue weighted by Gasteiger charge is 2.11. The van der Waals surface area contributed by atoms with E-state index in [-0.39, 0.29) is 11.3 Å². The Morgan fingerprint density at radius 2 is 1.77 bits per heavy atom. The number of fused-ring (bicyclic) bond motifs is 1. The van der Waals surface area contributed by atoms with Crippen LogP contribution in [0, 0.1) is 34.0 Å². The van der Waals surface area contributed by atoms with Crippen molar-refractivity contribution in [3.05, 3.63) is 53.7 Å².